The third-order valence-corrected chi connectivity index (χ3v) is 4.54. The maximum atomic E-state index is 12.3. The number of hydrogen-bond acceptors (Lipinski definition) is 3. The molecule has 1 aliphatic carbocycles. The normalized spacial score (nSPS) is 17.8. The molecule has 5 heteroatoms. The molecule has 1 atom stereocenters. The van der Waals surface area contributed by atoms with Gasteiger partial charge in [0.15, 0.2) is 0 Å². The van der Waals surface area contributed by atoms with Crippen LogP contribution in [0.1, 0.15) is 49.8 Å². The standard InChI is InChI=1S/C18H23N3O2/c1-14(20-17(22)18(23)9-5-6-10-18)16-11-19-21(13-16)12-15-7-3-2-4-8-15/h2-4,7-8,11,13-14,23H,5-6,9-10,12H2,1H3,(H,20,22). The summed E-state index contributed by atoms with van der Waals surface area (Å²) in [5.74, 6) is -0.265. The molecule has 2 N–H and O–H groups in total. The van der Waals surface area contributed by atoms with Gasteiger partial charge in [0.1, 0.15) is 5.60 Å². The summed E-state index contributed by atoms with van der Waals surface area (Å²) >= 11 is 0. The number of carbonyl (C=O) groups is 1. The van der Waals surface area contributed by atoms with Crippen LogP contribution < -0.4 is 5.32 Å². The van der Waals surface area contributed by atoms with Crippen LogP contribution in [-0.4, -0.2) is 26.4 Å². The highest BCUT2D eigenvalue weighted by molar-refractivity contribution is 5.85. The molecule has 5 nitrogen and oxygen atoms in total. The summed E-state index contributed by atoms with van der Waals surface area (Å²) in [6.07, 6.45) is 6.64. The number of rotatable bonds is 5. The van der Waals surface area contributed by atoms with Crippen LogP contribution in [0, 0.1) is 0 Å². The van der Waals surface area contributed by atoms with E-state index in [1.165, 1.54) is 5.56 Å². The van der Waals surface area contributed by atoms with Crippen molar-refractivity contribution < 1.29 is 9.90 Å². The smallest absolute Gasteiger partial charge is 0.252 e. The van der Waals surface area contributed by atoms with Crippen LogP contribution in [0.2, 0.25) is 0 Å². The van der Waals surface area contributed by atoms with Gasteiger partial charge in [0.2, 0.25) is 0 Å². The van der Waals surface area contributed by atoms with Crippen molar-refractivity contribution in [2.45, 2.75) is 50.8 Å². The first-order chi connectivity index (χ1) is 11.1. The van der Waals surface area contributed by atoms with E-state index in [4.69, 9.17) is 0 Å². The first kappa shape index (κ1) is 15.7. The Morgan fingerprint density at radius 3 is 2.74 bits per heavy atom. The molecule has 0 aliphatic heterocycles. The van der Waals surface area contributed by atoms with Crippen LogP contribution in [0.3, 0.4) is 0 Å². The monoisotopic (exact) mass is 313 g/mol. The average molecular weight is 313 g/mol. The highest BCUT2D eigenvalue weighted by Crippen LogP contribution is 2.30. The topological polar surface area (TPSA) is 67.2 Å². The lowest BCUT2D eigenvalue weighted by atomic mass is 10.0. The van der Waals surface area contributed by atoms with Gasteiger partial charge < -0.3 is 10.4 Å². The fraction of sp³-hybridized carbons (Fsp3) is 0.444. The van der Waals surface area contributed by atoms with Crippen molar-refractivity contribution in [3.63, 3.8) is 0 Å². The Morgan fingerprint density at radius 1 is 1.35 bits per heavy atom. The average Bonchev–Trinajstić information content (AvgIpc) is 3.18. The molecule has 1 aliphatic rings. The number of aromatic nitrogens is 2. The van der Waals surface area contributed by atoms with E-state index in [0.29, 0.717) is 19.4 Å². The van der Waals surface area contributed by atoms with E-state index < -0.39 is 5.60 Å². The minimum Gasteiger partial charge on any atom is -0.380 e. The van der Waals surface area contributed by atoms with E-state index in [9.17, 15) is 9.90 Å². The zero-order valence-electron chi connectivity index (χ0n) is 13.4. The van der Waals surface area contributed by atoms with Crippen molar-refractivity contribution in [3.05, 3.63) is 53.9 Å². The van der Waals surface area contributed by atoms with Gasteiger partial charge in [0.25, 0.3) is 5.91 Å². The molecule has 1 aromatic heterocycles. The molecule has 1 fully saturated rings. The van der Waals surface area contributed by atoms with E-state index in [1.807, 2.05) is 36.0 Å². The third kappa shape index (κ3) is 3.62. The fourth-order valence-corrected chi connectivity index (χ4v) is 3.06. The predicted octanol–water partition coefficient (Wildman–Crippen LogP) is 2.41. The van der Waals surface area contributed by atoms with Gasteiger partial charge >= 0.3 is 0 Å². The lowest BCUT2D eigenvalue weighted by Crippen LogP contribution is -2.45. The molecule has 0 bridgehead atoms. The number of nitrogens with zero attached hydrogens (tertiary/aromatic N) is 2. The van der Waals surface area contributed by atoms with Gasteiger partial charge in [-0.3, -0.25) is 9.48 Å². The minimum atomic E-state index is -1.19. The van der Waals surface area contributed by atoms with Gasteiger partial charge in [-0.25, -0.2) is 0 Å². The zero-order valence-corrected chi connectivity index (χ0v) is 13.4. The summed E-state index contributed by atoms with van der Waals surface area (Å²) in [5.41, 5.74) is 0.934. The molecule has 1 amide bonds. The molecule has 0 saturated heterocycles. The van der Waals surface area contributed by atoms with Gasteiger partial charge in [0, 0.05) is 11.8 Å². The van der Waals surface area contributed by atoms with E-state index in [-0.39, 0.29) is 11.9 Å². The fourth-order valence-electron chi connectivity index (χ4n) is 3.06. The summed E-state index contributed by atoms with van der Waals surface area (Å²) in [6.45, 7) is 2.62. The summed E-state index contributed by atoms with van der Waals surface area (Å²) in [7, 11) is 0. The Hall–Kier alpha value is -2.14. The second-order valence-corrected chi connectivity index (χ2v) is 6.39. The lowest BCUT2D eigenvalue weighted by Gasteiger charge is -2.23. The molecular weight excluding hydrogens is 290 g/mol. The Labute approximate surface area is 136 Å². The van der Waals surface area contributed by atoms with Crippen molar-refractivity contribution in [2.75, 3.05) is 0 Å². The molecule has 3 rings (SSSR count). The first-order valence-electron chi connectivity index (χ1n) is 8.16. The molecule has 1 saturated carbocycles. The van der Waals surface area contributed by atoms with Crippen LogP contribution in [-0.2, 0) is 11.3 Å². The van der Waals surface area contributed by atoms with Gasteiger partial charge in [-0.05, 0) is 38.2 Å². The van der Waals surface area contributed by atoms with Gasteiger partial charge in [-0.1, -0.05) is 30.3 Å². The SMILES string of the molecule is CC(NC(=O)C1(O)CCCC1)c1cnn(Cc2ccccc2)c1. The van der Waals surface area contributed by atoms with E-state index >= 15 is 0 Å². The summed E-state index contributed by atoms with van der Waals surface area (Å²) in [4.78, 5) is 12.3. The maximum absolute atomic E-state index is 12.3. The second kappa shape index (κ2) is 6.54. The van der Waals surface area contributed by atoms with Crippen LogP contribution in [0.15, 0.2) is 42.7 Å². The molecule has 122 valence electrons. The van der Waals surface area contributed by atoms with Gasteiger partial charge in [0.05, 0.1) is 18.8 Å². The second-order valence-electron chi connectivity index (χ2n) is 6.39. The first-order valence-corrected chi connectivity index (χ1v) is 8.16. The molecule has 1 unspecified atom stereocenters. The Morgan fingerprint density at radius 2 is 2.04 bits per heavy atom. The number of nitrogens with one attached hydrogen (secondary N) is 1. The highest BCUT2D eigenvalue weighted by Gasteiger charge is 2.39. The van der Waals surface area contributed by atoms with Gasteiger partial charge in [-0.2, -0.15) is 5.10 Å². The molecule has 23 heavy (non-hydrogen) atoms. The van der Waals surface area contributed by atoms with Crippen molar-refractivity contribution in [1.29, 1.82) is 0 Å². The number of hydrogen-bond donors (Lipinski definition) is 2. The van der Waals surface area contributed by atoms with E-state index in [2.05, 4.69) is 22.5 Å². The van der Waals surface area contributed by atoms with Crippen molar-refractivity contribution in [2.24, 2.45) is 0 Å². The van der Waals surface area contributed by atoms with Gasteiger partial charge in [-0.15, -0.1) is 0 Å². The summed E-state index contributed by atoms with van der Waals surface area (Å²) < 4.78 is 1.86. The van der Waals surface area contributed by atoms with Crippen LogP contribution in [0.5, 0.6) is 0 Å². The zero-order chi connectivity index (χ0) is 16.3. The minimum absolute atomic E-state index is 0.170. The number of benzene rings is 1. The van der Waals surface area contributed by atoms with Crippen molar-refractivity contribution in [1.82, 2.24) is 15.1 Å². The quantitative estimate of drug-likeness (QED) is 0.891. The highest BCUT2D eigenvalue weighted by atomic mass is 16.3. The van der Waals surface area contributed by atoms with E-state index in [0.717, 1.165) is 18.4 Å². The molecule has 1 aromatic carbocycles. The molecule has 0 radical (unpaired) electrons. The Kier molecular flexibility index (Phi) is 4.48. The van der Waals surface area contributed by atoms with Crippen LogP contribution in [0.4, 0.5) is 0 Å². The van der Waals surface area contributed by atoms with Crippen molar-refractivity contribution in [3.8, 4) is 0 Å². The van der Waals surface area contributed by atoms with E-state index in [1.54, 1.807) is 6.20 Å². The number of amides is 1. The lowest BCUT2D eigenvalue weighted by molar-refractivity contribution is -0.139. The molecular formula is C18H23N3O2. The van der Waals surface area contributed by atoms with Crippen molar-refractivity contribution >= 4 is 5.91 Å². The summed E-state index contributed by atoms with van der Waals surface area (Å²) in [5, 5.41) is 17.6. The molecule has 2 aromatic rings. The molecule has 1 heterocycles. The Bertz CT molecular complexity index is 660. The maximum Gasteiger partial charge on any atom is 0.252 e. The predicted molar refractivity (Wildman–Crippen MR) is 87.7 cm³/mol. The Balaban J connectivity index is 1.62. The number of aliphatic hydroxyl groups is 1. The van der Waals surface area contributed by atoms with Crippen LogP contribution in [0.25, 0.3) is 0 Å². The molecule has 0 spiro atoms. The third-order valence-electron chi connectivity index (χ3n) is 4.54. The summed E-state index contributed by atoms with van der Waals surface area (Å²) in [6, 6.07) is 9.94. The van der Waals surface area contributed by atoms with Crippen LogP contribution >= 0.6 is 0 Å². The largest absolute Gasteiger partial charge is 0.380 e. The number of carbonyl (C=O) groups excluding carboxylic acids is 1.